The lowest BCUT2D eigenvalue weighted by molar-refractivity contribution is -0.137. The van der Waals surface area contributed by atoms with Gasteiger partial charge in [0.15, 0.2) is 0 Å². The maximum absolute atomic E-state index is 13.5. The molecule has 0 heterocycles. The zero-order chi connectivity index (χ0) is 15.6. The van der Waals surface area contributed by atoms with Crippen LogP contribution in [0.2, 0.25) is 0 Å². The van der Waals surface area contributed by atoms with Crippen LogP contribution in [0, 0.1) is 5.82 Å². The quantitative estimate of drug-likeness (QED) is 0.610. The van der Waals surface area contributed by atoms with Crippen molar-refractivity contribution in [2.45, 2.75) is 6.18 Å². The highest BCUT2D eigenvalue weighted by Gasteiger charge is 2.30. The van der Waals surface area contributed by atoms with Gasteiger partial charge in [-0.3, -0.25) is 0 Å². The van der Waals surface area contributed by atoms with Gasteiger partial charge in [0.05, 0.1) is 18.2 Å². The van der Waals surface area contributed by atoms with Crippen LogP contribution in [-0.4, -0.2) is 13.1 Å². The standard InChI is InChI=1S/C15H10F4O2/c1-21-14(20)12-8-10(5-6-13(12)16)9-3-2-4-11(7-9)15(17,18)19/h2-8H,1H3. The Bertz CT molecular complexity index is 678. The second-order valence-electron chi connectivity index (χ2n) is 4.26. The number of benzene rings is 2. The summed E-state index contributed by atoms with van der Waals surface area (Å²) in [6.07, 6.45) is -4.47. The zero-order valence-electron chi connectivity index (χ0n) is 10.9. The fourth-order valence-electron chi connectivity index (χ4n) is 1.85. The van der Waals surface area contributed by atoms with Gasteiger partial charge in [0, 0.05) is 0 Å². The molecule has 0 spiro atoms. The molecule has 0 aliphatic carbocycles. The Balaban J connectivity index is 2.50. The van der Waals surface area contributed by atoms with Crippen LogP contribution in [-0.2, 0) is 10.9 Å². The van der Waals surface area contributed by atoms with Crippen LogP contribution in [0.15, 0.2) is 42.5 Å². The van der Waals surface area contributed by atoms with Crippen molar-refractivity contribution >= 4 is 5.97 Å². The predicted octanol–water partition coefficient (Wildman–Crippen LogP) is 4.30. The van der Waals surface area contributed by atoms with E-state index in [0.717, 1.165) is 31.4 Å². The van der Waals surface area contributed by atoms with Crippen LogP contribution in [0.1, 0.15) is 15.9 Å². The van der Waals surface area contributed by atoms with Crippen LogP contribution < -0.4 is 0 Å². The highest BCUT2D eigenvalue weighted by atomic mass is 19.4. The maximum Gasteiger partial charge on any atom is 0.416 e. The number of esters is 1. The van der Waals surface area contributed by atoms with Crippen molar-refractivity contribution in [3.63, 3.8) is 0 Å². The van der Waals surface area contributed by atoms with Crippen molar-refractivity contribution in [2.75, 3.05) is 7.11 Å². The highest BCUT2D eigenvalue weighted by Crippen LogP contribution is 2.32. The number of methoxy groups -OCH3 is 1. The SMILES string of the molecule is COC(=O)c1cc(-c2cccc(C(F)(F)F)c2)ccc1F. The highest BCUT2D eigenvalue weighted by molar-refractivity contribution is 5.91. The fourth-order valence-corrected chi connectivity index (χ4v) is 1.85. The normalized spacial score (nSPS) is 11.3. The van der Waals surface area contributed by atoms with Gasteiger partial charge in [-0.2, -0.15) is 13.2 Å². The van der Waals surface area contributed by atoms with Gasteiger partial charge in [0.25, 0.3) is 0 Å². The molecule has 2 nitrogen and oxygen atoms in total. The summed E-state index contributed by atoms with van der Waals surface area (Å²) in [4.78, 5) is 11.4. The van der Waals surface area contributed by atoms with Crippen molar-refractivity contribution < 1.29 is 27.1 Å². The van der Waals surface area contributed by atoms with Crippen molar-refractivity contribution in [1.29, 1.82) is 0 Å². The average Bonchev–Trinajstić information content (AvgIpc) is 2.46. The van der Waals surface area contributed by atoms with Crippen LogP contribution in [0.25, 0.3) is 11.1 Å². The smallest absolute Gasteiger partial charge is 0.416 e. The summed E-state index contributed by atoms with van der Waals surface area (Å²) in [6.45, 7) is 0. The molecule has 110 valence electrons. The van der Waals surface area contributed by atoms with E-state index in [1.807, 2.05) is 0 Å². The molecule has 0 N–H and O–H groups in total. The molecule has 0 amide bonds. The fraction of sp³-hybridized carbons (Fsp3) is 0.133. The van der Waals surface area contributed by atoms with Crippen LogP contribution >= 0.6 is 0 Å². The molecule has 0 unspecified atom stereocenters. The van der Waals surface area contributed by atoms with E-state index in [-0.39, 0.29) is 11.1 Å². The number of ether oxygens (including phenoxy) is 1. The first-order valence-corrected chi connectivity index (χ1v) is 5.88. The third kappa shape index (κ3) is 3.21. The van der Waals surface area contributed by atoms with Crippen LogP contribution in [0.4, 0.5) is 17.6 Å². The van der Waals surface area contributed by atoms with Gasteiger partial charge in [-0.1, -0.05) is 18.2 Å². The molecule has 0 aliphatic rings. The average molecular weight is 298 g/mol. The molecule has 0 bridgehead atoms. The monoisotopic (exact) mass is 298 g/mol. The minimum Gasteiger partial charge on any atom is -0.465 e. The molecule has 2 aromatic carbocycles. The molecule has 2 rings (SSSR count). The Morgan fingerprint density at radius 3 is 2.33 bits per heavy atom. The van der Waals surface area contributed by atoms with Gasteiger partial charge in [0.1, 0.15) is 5.82 Å². The maximum atomic E-state index is 13.5. The molecule has 0 saturated heterocycles. The largest absolute Gasteiger partial charge is 0.465 e. The number of carbonyl (C=O) groups is 1. The second kappa shape index (κ2) is 5.55. The Hall–Kier alpha value is -2.37. The zero-order valence-corrected chi connectivity index (χ0v) is 10.9. The van der Waals surface area contributed by atoms with E-state index in [2.05, 4.69) is 4.74 Å². The van der Waals surface area contributed by atoms with Gasteiger partial charge in [-0.05, 0) is 35.4 Å². The first-order valence-electron chi connectivity index (χ1n) is 5.88. The summed E-state index contributed by atoms with van der Waals surface area (Å²) < 4.78 is 56.0. The van der Waals surface area contributed by atoms with Gasteiger partial charge >= 0.3 is 12.1 Å². The topological polar surface area (TPSA) is 26.3 Å². The van der Waals surface area contributed by atoms with Crippen molar-refractivity contribution in [1.82, 2.24) is 0 Å². The van der Waals surface area contributed by atoms with E-state index in [1.165, 1.54) is 18.2 Å². The van der Waals surface area contributed by atoms with Gasteiger partial charge in [-0.25, -0.2) is 9.18 Å². The summed E-state index contributed by atoms with van der Waals surface area (Å²) in [6, 6.07) is 8.06. The molecule has 21 heavy (non-hydrogen) atoms. The van der Waals surface area contributed by atoms with E-state index in [9.17, 15) is 22.4 Å². The van der Waals surface area contributed by atoms with Crippen molar-refractivity contribution in [3.05, 3.63) is 59.4 Å². The molecule has 0 aliphatic heterocycles. The number of hydrogen-bond acceptors (Lipinski definition) is 2. The summed E-state index contributed by atoms with van der Waals surface area (Å²) in [5, 5.41) is 0. The van der Waals surface area contributed by atoms with Gasteiger partial charge < -0.3 is 4.74 Å². The summed E-state index contributed by atoms with van der Waals surface area (Å²) in [7, 11) is 1.10. The van der Waals surface area contributed by atoms with E-state index in [4.69, 9.17) is 0 Å². The van der Waals surface area contributed by atoms with Crippen molar-refractivity contribution in [2.24, 2.45) is 0 Å². The van der Waals surface area contributed by atoms with E-state index >= 15 is 0 Å². The van der Waals surface area contributed by atoms with Gasteiger partial charge in [0.2, 0.25) is 0 Å². The molecule has 0 aromatic heterocycles. The Labute approximate surface area is 118 Å². The minimum absolute atomic E-state index is 0.231. The van der Waals surface area contributed by atoms with E-state index < -0.39 is 23.5 Å². The molecule has 0 radical (unpaired) electrons. The third-order valence-electron chi connectivity index (χ3n) is 2.89. The number of rotatable bonds is 2. The lowest BCUT2D eigenvalue weighted by Crippen LogP contribution is -2.05. The molecule has 0 fully saturated rings. The summed E-state index contributed by atoms with van der Waals surface area (Å²) in [5.41, 5.74) is -0.616. The molecular weight excluding hydrogens is 288 g/mol. The molecule has 0 saturated carbocycles. The Morgan fingerprint density at radius 1 is 1.05 bits per heavy atom. The Morgan fingerprint density at radius 2 is 1.71 bits per heavy atom. The first kappa shape index (κ1) is 15.0. The van der Waals surface area contributed by atoms with Crippen LogP contribution in [0.5, 0.6) is 0 Å². The molecule has 2 aromatic rings. The lowest BCUT2D eigenvalue weighted by atomic mass is 10.0. The molecule has 6 heteroatoms. The summed E-state index contributed by atoms with van der Waals surface area (Å²) >= 11 is 0. The molecular formula is C15H10F4O2. The summed E-state index contributed by atoms with van der Waals surface area (Å²) in [5.74, 6) is -1.68. The minimum atomic E-state index is -4.47. The number of alkyl halides is 3. The van der Waals surface area contributed by atoms with E-state index in [0.29, 0.717) is 5.56 Å². The predicted molar refractivity (Wildman–Crippen MR) is 68.2 cm³/mol. The lowest BCUT2D eigenvalue weighted by Gasteiger charge is -2.10. The number of hydrogen-bond donors (Lipinski definition) is 0. The van der Waals surface area contributed by atoms with E-state index in [1.54, 1.807) is 0 Å². The third-order valence-corrected chi connectivity index (χ3v) is 2.89. The number of halogens is 4. The van der Waals surface area contributed by atoms with Crippen LogP contribution in [0.3, 0.4) is 0 Å². The van der Waals surface area contributed by atoms with Crippen molar-refractivity contribution in [3.8, 4) is 11.1 Å². The number of carbonyl (C=O) groups excluding carboxylic acids is 1. The second-order valence-corrected chi connectivity index (χ2v) is 4.26. The first-order chi connectivity index (χ1) is 9.82. The Kier molecular flexibility index (Phi) is 3.97. The molecule has 0 atom stereocenters. The van der Waals surface area contributed by atoms with Gasteiger partial charge in [-0.15, -0.1) is 0 Å².